The summed E-state index contributed by atoms with van der Waals surface area (Å²) in [5, 5.41) is 10.3. The minimum Gasteiger partial charge on any atom is -0.387 e. The maximum Gasteiger partial charge on any atom is 0.0916 e. The zero-order valence-corrected chi connectivity index (χ0v) is 13.0. The Kier molecular flexibility index (Phi) is 5.48. The Morgan fingerprint density at radius 1 is 1.00 bits per heavy atom. The van der Waals surface area contributed by atoms with Gasteiger partial charge in [-0.3, -0.25) is 9.88 Å². The van der Waals surface area contributed by atoms with E-state index in [0.29, 0.717) is 12.5 Å². The molecule has 1 atom stereocenters. The van der Waals surface area contributed by atoms with Crippen molar-refractivity contribution < 1.29 is 5.11 Å². The second-order valence-corrected chi connectivity index (χ2v) is 5.89. The molecule has 2 aromatic rings. The van der Waals surface area contributed by atoms with Crippen LogP contribution in [-0.2, 0) is 6.54 Å². The van der Waals surface area contributed by atoms with E-state index < -0.39 is 6.10 Å². The van der Waals surface area contributed by atoms with Crippen molar-refractivity contribution in [3.05, 3.63) is 65.5 Å². The van der Waals surface area contributed by atoms with E-state index in [0.717, 1.165) is 12.1 Å². The summed E-state index contributed by atoms with van der Waals surface area (Å²) in [6.07, 6.45) is 3.13. The molecule has 0 aliphatic rings. The number of hydrogen-bond donors (Lipinski definition) is 1. The van der Waals surface area contributed by atoms with Gasteiger partial charge in [0.15, 0.2) is 0 Å². The van der Waals surface area contributed by atoms with Crippen LogP contribution in [0.25, 0.3) is 0 Å². The predicted octanol–water partition coefficient (Wildman–Crippen LogP) is 3.37. The van der Waals surface area contributed by atoms with Gasteiger partial charge in [-0.15, -0.1) is 0 Å². The van der Waals surface area contributed by atoms with Crippen molar-refractivity contribution in [1.82, 2.24) is 9.88 Å². The van der Waals surface area contributed by atoms with Crippen molar-refractivity contribution >= 4 is 0 Å². The Balaban J connectivity index is 1.92. The second kappa shape index (κ2) is 7.34. The smallest absolute Gasteiger partial charge is 0.0916 e. The zero-order chi connectivity index (χ0) is 15.2. The van der Waals surface area contributed by atoms with E-state index in [9.17, 15) is 5.11 Å². The number of pyridine rings is 1. The average Bonchev–Trinajstić information content (AvgIpc) is 2.48. The lowest BCUT2D eigenvalue weighted by Gasteiger charge is -2.21. The minimum atomic E-state index is -0.460. The molecule has 1 unspecified atom stereocenters. The molecule has 2 rings (SSSR count). The van der Waals surface area contributed by atoms with Gasteiger partial charge < -0.3 is 5.11 Å². The molecule has 0 saturated carbocycles. The van der Waals surface area contributed by atoms with Gasteiger partial charge in [-0.1, -0.05) is 38.1 Å². The third kappa shape index (κ3) is 4.66. The van der Waals surface area contributed by atoms with Crippen molar-refractivity contribution in [1.29, 1.82) is 0 Å². The number of benzene rings is 1. The number of likely N-dealkylation sites (N-methyl/N-ethyl adjacent to an activating group) is 1. The van der Waals surface area contributed by atoms with Crippen LogP contribution in [-0.4, -0.2) is 28.6 Å². The Labute approximate surface area is 127 Å². The SMILES string of the molecule is CC(C)c1ccc(C(O)CN(C)Cc2ccncc2)cc1. The largest absolute Gasteiger partial charge is 0.387 e. The Morgan fingerprint density at radius 3 is 2.14 bits per heavy atom. The van der Waals surface area contributed by atoms with Gasteiger partial charge in [-0.25, -0.2) is 0 Å². The van der Waals surface area contributed by atoms with E-state index in [4.69, 9.17) is 0 Å². The molecule has 0 saturated heterocycles. The fraction of sp³-hybridized carbons (Fsp3) is 0.389. The van der Waals surface area contributed by atoms with Gasteiger partial charge in [0.1, 0.15) is 0 Å². The van der Waals surface area contributed by atoms with Crippen molar-refractivity contribution in [3.8, 4) is 0 Å². The van der Waals surface area contributed by atoms with E-state index in [-0.39, 0.29) is 0 Å². The summed E-state index contributed by atoms with van der Waals surface area (Å²) in [6, 6.07) is 12.3. The quantitative estimate of drug-likeness (QED) is 0.883. The summed E-state index contributed by atoms with van der Waals surface area (Å²) in [4.78, 5) is 6.14. The highest BCUT2D eigenvalue weighted by Gasteiger charge is 2.11. The van der Waals surface area contributed by atoms with Crippen molar-refractivity contribution in [2.24, 2.45) is 0 Å². The van der Waals surface area contributed by atoms with Gasteiger partial charge in [0.2, 0.25) is 0 Å². The molecular weight excluding hydrogens is 260 g/mol. The van der Waals surface area contributed by atoms with Gasteiger partial charge >= 0.3 is 0 Å². The van der Waals surface area contributed by atoms with E-state index in [1.54, 1.807) is 12.4 Å². The molecule has 0 spiro atoms. The van der Waals surface area contributed by atoms with Crippen LogP contribution in [0.15, 0.2) is 48.8 Å². The first kappa shape index (κ1) is 15.7. The molecule has 112 valence electrons. The Morgan fingerprint density at radius 2 is 1.57 bits per heavy atom. The molecule has 0 aliphatic carbocycles. The molecule has 1 heterocycles. The van der Waals surface area contributed by atoms with Gasteiger partial charge in [-0.05, 0) is 41.8 Å². The van der Waals surface area contributed by atoms with E-state index in [2.05, 4.69) is 35.9 Å². The normalized spacial score (nSPS) is 12.9. The fourth-order valence-electron chi connectivity index (χ4n) is 2.37. The summed E-state index contributed by atoms with van der Waals surface area (Å²) in [6.45, 7) is 5.77. The maximum absolute atomic E-state index is 10.3. The molecule has 0 aliphatic heterocycles. The van der Waals surface area contributed by atoms with Crippen LogP contribution >= 0.6 is 0 Å². The predicted molar refractivity (Wildman–Crippen MR) is 86.1 cm³/mol. The first-order valence-electron chi connectivity index (χ1n) is 7.41. The van der Waals surface area contributed by atoms with Gasteiger partial charge in [0, 0.05) is 25.5 Å². The zero-order valence-electron chi connectivity index (χ0n) is 13.0. The molecule has 1 aromatic carbocycles. The average molecular weight is 284 g/mol. The minimum absolute atomic E-state index is 0.460. The number of hydrogen-bond acceptors (Lipinski definition) is 3. The molecule has 21 heavy (non-hydrogen) atoms. The Hall–Kier alpha value is -1.71. The standard InChI is InChI=1S/C18H24N2O/c1-14(2)16-4-6-17(7-5-16)18(21)13-20(3)12-15-8-10-19-11-9-15/h4-11,14,18,21H,12-13H2,1-3H3. The molecule has 0 bridgehead atoms. The van der Waals surface area contributed by atoms with Crippen molar-refractivity contribution in [3.63, 3.8) is 0 Å². The van der Waals surface area contributed by atoms with Crippen molar-refractivity contribution in [2.45, 2.75) is 32.4 Å². The Bertz CT molecular complexity index is 537. The number of rotatable bonds is 6. The van der Waals surface area contributed by atoms with Crippen LogP contribution in [0.1, 0.15) is 42.6 Å². The third-order valence-electron chi connectivity index (χ3n) is 3.67. The van der Waals surface area contributed by atoms with Crippen LogP contribution in [0, 0.1) is 0 Å². The van der Waals surface area contributed by atoms with Crippen LogP contribution < -0.4 is 0 Å². The highest BCUT2D eigenvalue weighted by molar-refractivity contribution is 5.26. The van der Waals surface area contributed by atoms with Crippen molar-refractivity contribution in [2.75, 3.05) is 13.6 Å². The van der Waals surface area contributed by atoms with Crippen LogP contribution in [0.4, 0.5) is 0 Å². The van der Waals surface area contributed by atoms with Gasteiger partial charge in [0.25, 0.3) is 0 Å². The van der Waals surface area contributed by atoms with E-state index >= 15 is 0 Å². The van der Waals surface area contributed by atoms with Crippen LogP contribution in [0.3, 0.4) is 0 Å². The second-order valence-electron chi connectivity index (χ2n) is 5.89. The first-order chi connectivity index (χ1) is 10.1. The highest BCUT2D eigenvalue weighted by Crippen LogP contribution is 2.19. The number of nitrogens with zero attached hydrogens (tertiary/aromatic N) is 2. The summed E-state index contributed by atoms with van der Waals surface area (Å²) in [5.74, 6) is 0.519. The summed E-state index contributed by atoms with van der Waals surface area (Å²) in [5.41, 5.74) is 3.48. The molecule has 1 N–H and O–H groups in total. The van der Waals surface area contributed by atoms with Crippen LogP contribution in [0.5, 0.6) is 0 Å². The summed E-state index contributed by atoms with van der Waals surface area (Å²) >= 11 is 0. The fourth-order valence-corrected chi connectivity index (χ4v) is 2.37. The lowest BCUT2D eigenvalue weighted by Crippen LogP contribution is -2.24. The molecule has 3 heteroatoms. The lowest BCUT2D eigenvalue weighted by atomic mass is 10.00. The molecule has 1 aromatic heterocycles. The molecule has 0 amide bonds. The molecular formula is C18H24N2O. The third-order valence-corrected chi connectivity index (χ3v) is 3.67. The molecule has 3 nitrogen and oxygen atoms in total. The monoisotopic (exact) mass is 284 g/mol. The topological polar surface area (TPSA) is 36.4 Å². The number of aromatic nitrogens is 1. The maximum atomic E-state index is 10.3. The lowest BCUT2D eigenvalue weighted by molar-refractivity contribution is 0.124. The highest BCUT2D eigenvalue weighted by atomic mass is 16.3. The number of aliphatic hydroxyl groups excluding tert-OH is 1. The van der Waals surface area contributed by atoms with Gasteiger partial charge in [-0.2, -0.15) is 0 Å². The summed E-state index contributed by atoms with van der Waals surface area (Å²) in [7, 11) is 2.02. The first-order valence-corrected chi connectivity index (χ1v) is 7.41. The van der Waals surface area contributed by atoms with Crippen LogP contribution in [0.2, 0.25) is 0 Å². The van der Waals surface area contributed by atoms with E-state index in [1.165, 1.54) is 11.1 Å². The number of aliphatic hydroxyl groups is 1. The molecule has 0 fully saturated rings. The molecule has 0 radical (unpaired) electrons. The summed E-state index contributed by atoms with van der Waals surface area (Å²) < 4.78 is 0. The van der Waals surface area contributed by atoms with Gasteiger partial charge in [0.05, 0.1) is 6.10 Å². The van der Waals surface area contributed by atoms with E-state index in [1.807, 2.05) is 31.3 Å².